The van der Waals surface area contributed by atoms with Crippen LogP contribution in [-0.2, 0) is 27.2 Å². The molecule has 0 saturated heterocycles. The molecule has 1 rings (SSSR count). The van der Waals surface area contributed by atoms with Gasteiger partial charge in [-0.05, 0) is 0 Å². The molecule has 104 valence electrons. The highest BCUT2D eigenvalue weighted by atomic mass is 79.9. The summed E-state index contributed by atoms with van der Waals surface area (Å²) in [7, 11) is 1.65. The highest BCUT2D eigenvalue weighted by Gasteiger charge is 1.99. The smallest absolute Gasteiger partial charge is 0.0835 e. The lowest BCUT2D eigenvalue weighted by Crippen LogP contribution is -2.12. The van der Waals surface area contributed by atoms with Crippen molar-refractivity contribution in [2.45, 2.75) is 13.0 Å². The molecule has 0 N–H and O–H groups in total. The van der Waals surface area contributed by atoms with Crippen LogP contribution in [-0.4, -0.2) is 60.5 Å². The molecule has 7 heteroatoms. The Morgan fingerprint density at radius 3 is 2.61 bits per heavy atom. The monoisotopic (exact) mass is 321 g/mol. The van der Waals surface area contributed by atoms with Crippen LogP contribution in [0.25, 0.3) is 0 Å². The Balaban J connectivity index is 1.96. The van der Waals surface area contributed by atoms with Crippen LogP contribution in [0.15, 0.2) is 6.20 Å². The number of halogens is 1. The van der Waals surface area contributed by atoms with Crippen LogP contribution in [0.4, 0.5) is 0 Å². The maximum atomic E-state index is 5.42. The highest BCUT2D eigenvalue weighted by molar-refractivity contribution is 9.09. The molecule has 1 aromatic heterocycles. The summed E-state index contributed by atoms with van der Waals surface area (Å²) in [6.45, 7) is 3.74. The Labute approximate surface area is 116 Å². The topological polar surface area (TPSA) is 58.4 Å². The lowest BCUT2D eigenvalue weighted by Gasteiger charge is -2.05. The van der Waals surface area contributed by atoms with Crippen molar-refractivity contribution in [3.63, 3.8) is 0 Å². The summed E-state index contributed by atoms with van der Waals surface area (Å²) in [5, 5.41) is 8.96. The third-order valence-corrected chi connectivity index (χ3v) is 2.60. The molecule has 0 unspecified atom stereocenters. The maximum Gasteiger partial charge on any atom is 0.0835 e. The molecule has 18 heavy (non-hydrogen) atoms. The molecule has 0 aliphatic heterocycles. The van der Waals surface area contributed by atoms with Crippen molar-refractivity contribution in [1.82, 2.24) is 15.0 Å². The third-order valence-electron chi connectivity index (χ3n) is 2.21. The average molecular weight is 322 g/mol. The number of rotatable bonds is 11. The van der Waals surface area contributed by atoms with E-state index in [1.165, 1.54) is 0 Å². The molecule has 1 aromatic rings. The minimum absolute atomic E-state index is 0.590. The van der Waals surface area contributed by atoms with Crippen molar-refractivity contribution in [3.8, 4) is 0 Å². The van der Waals surface area contributed by atoms with Crippen LogP contribution in [0.5, 0.6) is 0 Å². The van der Waals surface area contributed by atoms with Gasteiger partial charge in [-0.2, -0.15) is 0 Å². The van der Waals surface area contributed by atoms with E-state index < -0.39 is 0 Å². The number of aromatic nitrogens is 3. The van der Waals surface area contributed by atoms with Crippen molar-refractivity contribution in [2.24, 2.45) is 0 Å². The van der Waals surface area contributed by atoms with Gasteiger partial charge in [-0.15, -0.1) is 5.10 Å². The van der Waals surface area contributed by atoms with Gasteiger partial charge >= 0.3 is 0 Å². The van der Waals surface area contributed by atoms with E-state index in [9.17, 15) is 0 Å². The first-order valence-corrected chi connectivity index (χ1v) is 7.08. The van der Waals surface area contributed by atoms with Crippen LogP contribution in [0.1, 0.15) is 5.69 Å². The predicted octanol–water partition coefficient (Wildman–Crippen LogP) is 0.895. The lowest BCUT2D eigenvalue weighted by molar-refractivity contribution is 0.0224. The Hall–Kier alpha value is -0.500. The molecule has 0 saturated carbocycles. The second-order valence-corrected chi connectivity index (χ2v) is 4.42. The molecule has 0 amide bonds. The fourth-order valence-electron chi connectivity index (χ4n) is 1.28. The number of methoxy groups -OCH3 is 1. The predicted molar refractivity (Wildman–Crippen MR) is 71.0 cm³/mol. The van der Waals surface area contributed by atoms with Gasteiger partial charge in [-0.3, -0.25) is 0 Å². The molecule has 0 spiro atoms. The van der Waals surface area contributed by atoms with E-state index in [1.54, 1.807) is 11.8 Å². The van der Waals surface area contributed by atoms with Crippen molar-refractivity contribution in [1.29, 1.82) is 0 Å². The Kier molecular flexibility index (Phi) is 9.01. The number of aryl methyl sites for hydroxylation is 1. The minimum Gasteiger partial charge on any atom is -0.382 e. The first-order valence-electron chi connectivity index (χ1n) is 5.96. The van der Waals surface area contributed by atoms with E-state index in [-0.39, 0.29) is 0 Å². The first-order chi connectivity index (χ1) is 8.86. The molecule has 0 radical (unpaired) electrons. The Bertz CT molecular complexity index is 309. The van der Waals surface area contributed by atoms with E-state index in [0.29, 0.717) is 39.6 Å². The van der Waals surface area contributed by atoms with Gasteiger partial charge in [0, 0.05) is 25.1 Å². The summed E-state index contributed by atoms with van der Waals surface area (Å²) in [6.07, 6.45) is 2.84. The molecule has 0 atom stereocenters. The number of hydrogen-bond donors (Lipinski definition) is 0. The summed E-state index contributed by atoms with van der Waals surface area (Å²) in [5.41, 5.74) is 0.995. The van der Waals surface area contributed by atoms with Gasteiger partial charge in [0.1, 0.15) is 0 Å². The van der Waals surface area contributed by atoms with E-state index in [2.05, 4.69) is 26.2 Å². The zero-order valence-electron chi connectivity index (χ0n) is 10.7. The van der Waals surface area contributed by atoms with E-state index in [0.717, 1.165) is 17.4 Å². The van der Waals surface area contributed by atoms with Crippen LogP contribution in [0, 0.1) is 0 Å². The minimum atomic E-state index is 0.590. The van der Waals surface area contributed by atoms with E-state index in [1.807, 2.05) is 6.20 Å². The third kappa shape index (κ3) is 7.05. The fourth-order valence-corrected chi connectivity index (χ4v) is 1.69. The van der Waals surface area contributed by atoms with Crippen LogP contribution < -0.4 is 0 Å². The van der Waals surface area contributed by atoms with Gasteiger partial charge in [-0.1, -0.05) is 21.1 Å². The van der Waals surface area contributed by atoms with Gasteiger partial charge in [0.25, 0.3) is 0 Å². The molecular formula is C11H20BrN3O3. The molecule has 0 aliphatic rings. The molecule has 1 heterocycles. The average Bonchev–Trinajstić information content (AvgIpc) is 2.81. The van der Waals surface area contributed by atoms with Crippen molar-refractivity contribution in [3.05, 3.63) is 11.9 Å². The van der Waals surface area contributed by atoms with E-state index in [4.69, 9.17) is 14.2 Å². The van der Waals surface area contributed by atoms with Crippen molar-refractivity contribution < 1.29 is 14.2 Å². The fraction of sp³-hybridized carbons (Fsp3) is 0.818. The molecule has 6 nitrogen and oxygen atoms in total. The number of ether oxygens (including phenoxy) is 3. The van der Waals surface area contributed by atoms with Gasteiger partial charge in [0.2, 0.25) is 0 Å². The van der Waals surface area contributed by atoms with E-state index >= 15 is 0 Å². The largest absolute Gasteiger partial charge is 0.382 e. The standard InChI is InChI=1S/C11H20BrN3O3/c1-16-6-7-18-9-8-17-5-4-15-10-11(2-3-12)13-14-15/h10H,2-9H2,1H3. The molecule has 0 aromatic carbocycles. The van der Waals surface area contributed by atoms with Gasteiger partial charge in [0.15, 0.2) is 0 Å². The van der Waals surface area contributed by atoms with Crippen molar-refractivity contribution >= 4 is 15.9 Å². The Morgan fingerprint density at radius 1 is 1.17 bits per heavy atom. The maximum absolute atomic E-state index is 5.42. The van der Waals surface area contributed by atoms with Crippen LogP contribution >= 0.6 is 15.9 Å². The summed E-state index contributed by atoms with van der Waals surface area (Å²) in [6, 6.07) is 0. The summed E-state index contributed by atoms with van der Waals surface area (Å²) in [5.74, 6) is 0. The Morgan fingerprint density at radius 2 is 1.89 bits per heavy atom. The van der Waals surface area contributed by atoms with Crippen LogP contribution in [0.3, 0.4) is 0 Å². The summed E-state index contributed by atoms with van der Waals surface area (Å²) < 4.78 is 17.4. The van der Waals surface area contributed by atoms with Gasteiger partial charge in [-0.25, -0.2) is 4.68 Å². The number of alkyl halides is 1. The van der Waals surface area contributed by atoms with Crippen molar-refractivity contribution in [2.75, 3.05) is 45.5 Å². The van der Waals surface area contributed by atoms with Gasteiger partial charge in [0.05, 0.1) is 45.3 Å². The highest BCUT2D eigenvalue weighted by Crippen LogP contribution is 1.97. The SMILES string of the molecule is COCCOCCOCCn1cc(CCBr)nn1. The zero-order valence-corrected chi connectivity index (χ0v) is 12.3. The second-order valence-electron chi connectivity index (χ2n) is 3.63. The molecular weight excluding hydrogens is 302 g/mol. The second kappa shape index (κ2) is 10.4. The lowest BCUT2D eigenvalue weighted by atomic mass is 10.4. The normalized spacial score (nSPS) is 11.0. The quantitative estimate of drug-likeness (QED) is 0.447. The summed E-state index contributed by atoms with van der Waals surface area (Å²) >= 11 is 3.37. The summed E-state index contributed by atoms with van der Waals surface area (Å²) in [4.78, 5) is 0. The molecule has 0 bridgehead atoms. The van der Waals surface area contributed by atoms with Gasteiger partial charge < -0.3 is 14.2 Å². The molecule has 0 fully saturated rings. The number of hydrogen-bond acceptors (Lipinski definition) is 5. The zero-order chi connectivity index (χ0) is 13.1. The molecule has 0 aliphatic carbocycles. The van der Waals surface area contributed by atoms with Crippen LogP contribution in [0.2, 0.25) is 0 Å². The number of nitrogens with zero attached hydrogens (tertiary/aromatic N) is 3. The first kappa shape index (κ1) is 15.6.